The van der Waals surface area contributed by atoms with E-state index in [1.807, 2.05) is 0 Å². The Morgan fingerprint density at radius 3 is 1.95 bits per heavy atom. The summed E-state index contributed by atoms with van der Waals surface area (Å²) in [5.41, 5.74) is 3.64. The molecule has 4 rings (SSSR count). The topological polar surface area (TPSA) is 24.1 Å². The van der Waals surface area contributed by atoms with Gasteiger partial charge in [-0.15, -0.1) is 0 Å². The van der Waals surface area contributed by atoms with Gasteiger partial charge in [0.2, 0.25) is 0 Å². The van der Waals surface area contributed by atoms with Crippen molar-refractivity contribution in [3.8, 4) is 0 Å². The predicted molar refractivity (Wildman–Crippen MR) is 95.7 cm³/mol. The fourth-order valence-corrected chi connectivity index (χ4v) is 3.11. The molecule has 3 aromatic carbocycles. The number of hydrogen-bond donors (Lipinski definition) is 2. The molecule has 0 spiro atoms. The highest BCUT2D eigenvalue weighted by Crippen LogP contribution is 2.33. The Balaban J connectivity index is 1.81. The summed E-state index contributed by atoms with van der Waals surface area (Å²) in [6.45, 7) is 0.118. The summed E-state index contributed by atoms with van der Waals surface area (Å²) < 4.78 is 1.25. The van der Waals surface area contributed by atoms with Gasteiger partial charge < -0.3 is 10.5 Å². The fourth-order valence-electron chi connectivity index (χ4n) is 2.75. The van der Waals surface area contributed by atoms with Gasteiger partial charge in [-0.3, -0.25) is 0 Å². The summed E-state index contributed by atoms with van der Waals surface area (Å²) >= 11 is 2.33. The van der Waals surface area contributed by atoms with Crippen LogP contribution in [0.2, 0.25) is 0 Å². The lowest BCUT2D eigenvalue weighted by molar-refractivity contribution is 1.59. The first-order valence-corrected chi connectivity index (χ1v) is 7.69. The van der Waals surface area contributed by atoms with E-state index in [4.69, 9.17) is 0 Å². The highest BCUT2D eigenvalue weighted by Gasteiger charge is 2.24. The van der Waals surface area contributed by atoms with Gasteiger partial charge in [0.05, 0.1) is 0 Å². The molecule has 0 aromatic heterocycles. The molecular formula is C16H12BIN2. The number of benzene rings is 3. The van der Waals surface area contributed by atoms with Crippen molar-refractivity contribution in [2.45, 2.75) is 0 Å². The van der Waals surface area contributed by atoms with Crippen molar-refractivity contribution in [1.82, 2.24) is 0 Å². The number of halogens is 1. The van der Waals surface area contributed by atoms with E-state index in [0.29, 0.717) is 0 Å². The van der Waals surface area contributed by atoms with Crippen molar-refractivity contribution in [1.29, 1.82) is 0 Å². The Hall–Kier alpha value is -1.69. The average Bonchev–Trinajstić information content (AvgIpc) is 2.48. The van der Waals surface area contributed by atoms with Crippen LogP contribution in [0.3, 0.4) is 0 Å². The monoisotopic (exact) mass is 369 g/mol. The van der Waals surface area contributed by atoms with Crippen LogP contribution in [0.1, 0.15) is 0 Å². The van der Waals surface area contributed by atoms with Crippen LogP contribution in [0.25, 0.3) is 10.8 Å². The summed E-state index contributed by atoms with van der Waals surface area (Å²) in [7, 11) is 0. The molecule has 0 atom stereocenters. The van der Waals surface area contributed by atoms with Crippen LogP contribution in [-0.4, -0.2) is 6.98 Å². The van der Waals surface area contributed by atoms with Crippen molar-refractivity contribution in [2.24, 2.45) is 0 Å². The molecule has 0 saturated carbocycles. The summed E-state index contributed by atoms with van der Waals surface area (Å²) in [5, 5.41) is 9.71. The molecule has 0 saturated heterocycles. The number of nitrogens with one attached hydrogen (secondary N) is 2. The Morgan fingerprint density at radius 2 is 1.35 bits per heavy atom. The molecule has 1 aliphatic rings. The van der Waals surface area contributed by atoms with Gasteiger partial charge >= 0.3 is 6.98 Å². The van der Waals surface area contributed by atoms with Crippen LogP contribution in [-0.2, 0) is 0 Å². The van der Waals surface area contributed by atoms with E-state index in [2.05, 4.69) is 93.7 Å². The van der Waals surface area contributed by atoms with Crippen LogP contribution in [0.4, 0.5) is 11.4 Å². The normalized spacial score (nSPS) is 12.9. The fraction of sp³-hybridized carbons (Fsp3) is 0. The zero-order valence-electron chi connectivity index (χ0n) is 10.7. The van der Waals surface area contributed by atoms with Gasteiger partial charge in [-0.1, -0.05) is 36.4 Å². The minimum Gasteiger partial charge on any atom is -0.405 e. The van der Waals surface area contributed by atoms with Crippen molar-refractivity contribution >= 4 is 57.2 Å². The first-order valence-electron chi connectivity index (χ1n) is 6.61. The average molecular weight is 369 g/mol. The van der Waals surface area contributed by atoms with Gasteiger partial charge in [0.1, 0.15) is 0 Å². The van der Waals surface area contributed by atoms with E-state index < -0.39 is 0 Å². The molecule has 2 N–H and O–H groups in total. The predicted octanol–water partition coefficient (Wildman–Crippen LogP) is 3.68. The molecule has 1 heterocycles. The van der Waals surface area contributed by atoms with Crippen LogP contribution < -0.4 is 15.9 Å². The maximum Gasteiger partial charge on any atom is 0.406 e. The SMILES string of the molecule is Ic1ccc([10B]2Nc3cccc4cccc(c34)N2)cc1. The van der Waals surface area contributed by atoms with Gasteiger partial charge in [-0.05, 0) is 57.7 Å². The van der Waals surface area contributed by atoms with E-state index in [1.54, 1.807) is 0 Å². The van der Waals surface area contributed by atoms with Gasteiger partial charge in [-0.2, -0.15) is 0 Å². The summed E-state index contributed by atoms with van der Waals surface area (Å²) in [5.74, 6) is 0. The van der Waals surface area contributed by atoms with E-state index in [1.165, 1.54) is 31.2 Å². The maximum atomic E-state index is 3.58. The maximum absolute atomic E-state index is 3.58. The molecular weight excluding hydrogens is 357 g/mol. The molecule has 0 bridgehead atoms. The highest BCUT2D eigenvalue weighted by molar-refractivity contribution is 14.1. The second-order valence-corrected chi connectivity index (χ2v) is 6.23. The quantitative estimate of drug-likeness (QED) is 0.505. The largest absolute Gasteiger partial charge is 0.406 e. The third kappa shape index (κ3) is 1.95. The van der Waals surface area contributed by atoms with E-state index >= 15 is 0 Å². The van der Waals surface area contributed by atoms with Crippen LogP contribution >= 0.6 is 22.6 Å². The van der Waals surface area contributed by atoms with E-state index in [9.17, 15) is 0 Å². The molecule has 2 nitrogen and oxygen atoms in total. The van der Waals surface area contributed by atoms with Gasteiger partial charge in [0.25, 0.3) is 0 Å². The molecule has 0 unspecified atom stereocenters. The molecule has 0 fully saturated rings. The molecule has 3 aromatic rings. The molecule has 1 aliphatic heterocycles. The van der Waals surface area contributed by atoms with Crippen molar-refractivity contribution in [3.63, 3.8) is 0 Å². The smallest absolute Gasteiger partial charge is 0.405 e. The Bertz CT molecular complexity index is 745. The molecule has 0 amide bonds. The van der Waals surface area contributed by atoms with Crippen LogP contribution in [0, 0.1) is 3.57 Å². The second-order valence-electron chi connectivity index (χ2n) is 4.98. The lowest BCUT2D eigenvalue weighted by Crippen LogP contribution is -2.47. The Kier molecular flexibility index (Phi) is 2.84. The van der Waals surface area contributed by atoms with E-state index in [-0.39, 0.29) is 6.98 Å². The number of anilines is 2. The van der Waals surface area contributed by atoms with Crippen LogP contribution in [0.5, 0.6) is 0 Å². The van der Waals surface area contributed by atoms with Gasteiger partial charge in [0, 0.05) is 20.3 Å². The zero-order valence-corrected chi connectivity index (χ0v) is 12.9. The number of hydrogen-bond acceptors (Lipinski definition) is 2. The first-order chi connectivity index (χ1) is 9.81. The minimum atomic E-state index is 0.118. The highest BCUT2D eigenvalue weighted by atomic mass is 127. The number of rotatable bonds is 1. The minimum absolute atomic E-state index is 0.118. The summed E-state index contributed by atoms with van der Waals surface area (Å²) in [6.07, 6.45) is 0. The third-order valence-electron chi connectivity index (χ3n) is 3.71. The van der Waals surface area contributed by atoms with Crippen molar-refractivity contribution in [3.05, 3.63) is 64.2 Å². The molecule has 4 heteroatoms. The molecule has 0 aliphatic carbocycles. The lowest BCUT2D eigenvalue weighted by Gasteiger charge is -2.26. The molecule has 20 heavy (non-hydrogen) atoms. The van der Waals surface area contributed by atoms with Crippen LogP contribution in [0.15, 0.2) is 60.7 Å². The third-order valence-corrected chi connectivity index (χ3v) is 4.43. The van der Waals surface area contributed by atoms with Crippen molar-refractivity contribution in [2.75, 3.05) is 10.5 Å². The standard InChI is InChI=1S/C16H12BIN2/c18-13-9-7-12(8-10-13)17-19-14-5-1-3-11-4-2-6-15(20-17)16(11)14/h1-10,19-20H/i17-1. The van der Waals surface area contributed by atoms with E-state index in [0.717, 1.165) is 0 Å². The molecule has 96 valence electrons. The second kappa shape index (κ2) is 4.70. The molecule has 0 radical (unpaired) electrons. The van der Waals surface area contributed by atoms with Gasteiger partial charge in [-0.25, -0.2) is 0 Å². The zero-order chi connectivity index (χ0) is 13.5. The first kappa shape index (κ1) is 12.1. The Labute approximate surface area is 131 Å². The lowest BCUT2D eigenvalue weighted by atomic mass is 9.14. The summed E-state index contributed by atoms with van der Waals surface area (Å²) in [4.78, 5) is 0. The Morgan fingerprint density at radius 1 is 0.750 bits per heavy atom. The van der Waals surface area contributed by atoms with Crippen molar-refractivity contribution < 1.29 is 0 Å². The van der Waals surface area contributed by atoms with Gasteiger partial charge in [0.15, 0.2) is 0 Å². The summed E-state index contributed by atoms with van der Waals surface area (Å²) in [6, 6.07) is 21.4.